The van der Waals surface area contributed by atoms with E-state index in [1.807, 2.05) is 0 Å². The van der Waals surface area contributed by atoms with E-state index in [0.29, 0.717) is 0 Å². The summed E-state index contributed by atoms with van der Waals surface area (Å²) < 4.78 is 39.1. The Morgan fingerprint density at radius 3 is 1.67 bits per heavy atom. The second-order valence-corrected chi connectivity index (χ2v) is 7.20. The summed E-state index contributed by atoms with van der Waals surface area (Å²) in [6, 6.07) is 0. The van der Waals surface area contributed by atoms with Crippen molar-refractivity contribution in [2.75, 3.05) is 46.4 Å². The summed E-state index contributed by atoms with van der Waals surface area (Å²) in [6.07, 6.45) is -5.45. The minimum Gasteiger partial charge on any atom is -0.463 e. The molecule has 3 fully saturated rings. The number of hydrogen-bond donors (Lipinski definition) is 0. The predicted octanol–water partition coefficient (Wildman–Crippen LogP) is -0.612. The lowest BCUT2D eigenvalue weighted by Gasteiger charge is -2.32. The highest BCUT2D eigenvalue weighted by atomic mass is 17.2. The first-order valence-electron chi connectivity index (χ1n) is 9.84. The van der Waals surface area contributed by atoms with Crippen molar-refractivity contribution >= 4 is 30.2 Å². The molecule has 0 aromatic rings. The average molecular weight is 478 g/mol. The van der Waals surface area contributed by atoms with Gasteiger partial charge in [-0.3, -0.25) is 0 Å². The van der Waals surface area contributed by atoms with Crippen LogP contribution >= 0.6 is 0 Å². The van der Waals surface area contributed by atoms with Gasteiger partial charge in [-0.1, -0.05) is 6.92 Å². The lowest BCUT2D eigenvalue weighted by Crippen LogP contribution is -2.43. The van der Waals surface area contributed by atoms with Crippen LogP contribution in [0.5, 0.6) is 0 Å². The molecule has 0 amide bonds. The monoisotopic (exact) mass is 478 g/mol. The minimum atomic E-state index is -1.25. The number of ether oxygens (including phenoxy) is 8. The highest BCUT2D eigenvalue weighted by Crippen LogP contribution is 2.26. The Hall–Kier alpha value is -3.17. The van der Waals surface area contributed by atoms with Gasteiger partial charge in [0.1, 0.15) is 33.0 Å². The molecule has 3 unspecified atom stereocenters. The highest BCUT2D eigenvalue weighted by Gasteiger charge is 2.40. The van der Waals surface area contributed by atoms with Crippen molar-refractivity contribution in [1.82, 2.24) is 0 Å². The van der Waals surface area contributed by atoms with E-state index in [4.69, 9.17) is 23.8 Å². The van der Waals surface area contributed by atoms with Crippen LogP contribution in [0, 0.1) is 5.41 Å². The van der Waals surface area contributed by atoms with Crippen LogP contribution in [0.4, 0.5) is 9.59 Å². The zero-order valence-corrected chi connectivity index (χ0v) is 17.5. The molecule has 0 aliphatic carbocycles. The Morgan fingerprint density at radius 2 is 1.30 bits per heavy atom. The molecule has 3 rings (SSSR count). The molecule has 0 N–H and O–H groups in total. The van der Waals surface area contributed by atoms with Crippen LogP contribution in [0.15, 0.2) is 0 Å². The van der Waals surface area contributed by atoms with E-state index in [2.05, 4.69) is 23.8 Å². The third-order valence-corrected chi connectivity index (χ3v) is 4.87. The molecule has 3 saturated heterocycles. The summed E-state index contributed by atoms with van der Waals surface area (Å²) in [7, 11) is 0. The zero-order chi connectivity index (χ0) is 23.8. The summed E-state index contributed by atoms with van der Waals surface area (Å²) in [5.74, 6) is -2.61. The van der Waals surface area contributed by atoms with E-state index in [1.54, 1.807) is 6.92 Å². The average Bonchev–Trinajstić information content (AvgIpc) is 3.47. The molecule has 15 heteroatoms. The Balaban J connectivity index is 1.61. The molecule has 3 aliphatic heterocycles. The van der Waals surface area contributed by atoms with Gasteiger partial charge in [0.25, 0.3) is 0 Å². The van der Waals surface area contributed by atoms with Gasteiger partial charge in [-0.25, -0.2) is 33.7 Å². The molecule has 3 heterocycles. The molecular weight excluding hydrogens is 456 g/mol. The normalized spacial score (nSPS) is 26.2. The van der Waals surface area contributed by atoms with E-state index >= 15 is 0 Å². The van der Waals surface area contributed by atoms with E-state index in [-0.39, 0.29) is 52.9 Å². The topological polar surface area (TPSA) is 178 Å². The Morgan fingerprint density at radius 1 is 0.818 bits per heavy atom. The first-order chi connectivity index (χ1) is 15.8. The number of carbonyl (C=O) groups is 5. The molecule has 3 aliphatic rings. The summed E-state index contributed by atoms with van der Waals surface area (Å²) in [5.41, 5.74) is -1.20. The first-order valence-corrected chi connectivity index (χ1v) is 9.84. The molecule has 184 valence electrons. The fourth-order valence-corrected chi connectivity index (χ4v) is 2.71. The third-order valence-electron chi connectivity index (χ3n) is 4.87. The number of esters is 3. The maximum atomic E-state index is 12.3. The molecule has 15 nitrogen and oxygen atoms in total. The van der Waals surface area contributed by atoms with Gasteiger partial charge in [0.05, 0.1) is 12.0 Å². The smallest absolute Gasteiger partial charge is 0.463 e. The van der Waals surface area contributed by atoms with E-state index in [9.17, 15) is 24.0 Å². The summed E-state index contributed by atoms with van der Waals surface area (Å²) in [4.78, 5) is 68.1. The van der Waals surface area contributed by atoms with E-state index in [1.165, 1.54) is 0 Å². The van der Waals surface area contributed by atoms with Gasteiger partial charge in [-0.05, 0) is 6.42 Å². The van der Waals surface area contributed by atoms with Gasteiger partial charge in [-0.2, -0.15) is 0 Å². The SMILES string of the molecule is CCC(COC(=O)C1COCOO1)(COC(=O)C1COC(=O)O1)COC(=O)[C@H]1COC(=O)O1. The minimum absolute atomic E-state index is 0.0952. The van der Waals surface area contributed by atoms with Crippen molar-refractivity contribution in [1.29, 1.82) is 0 Å². The largest absolute Gasteiger partial charge is 0.509 e. The van der Waals surface area contributed by atoms with Crippen LogP contribution in [0.2, 0.25) is 0 Å². The van der Waals surface area contributed by atoms with Crippen molar-refractivity contribution in [3.05, 3.63) is 0 Å². The molecule has 0 spiro atoms. The van der Waals surface area contributed by atoms with Gasteiger partial charge in [-0.15, -0.1) is 0 Å². The molecule has 33 heavy (non-hydrogen) atoms. The number of carbonyl (C=O) groups excluding carboxylic acids is 5. The summed E-state index contributed by atoms with van der Waals surface area (Å²) in [6.45, 7) is -0.297. The van der Waals surface area contributed by atoms with E-state index < -0.39 is 53.9 Å². The predicted molar refractivity (Wildman–Crippen MR) is 94.8 cm³/mol. The number of rotatable bonds is 10. The second kappa shape index (κ2) is 11.1. The van der Waals surface area contributed by atoms with E-state index in [0.717, 1.165) is 0 Å². The van der Waals surface area contributed by atoms with Crippen LogP contribution in [0.25, 0.3) is 0 Å². The van der Waals surface area contributed by atoms with Crippen molar-refractivity contribution in [2.45, 2.75) is 31.7 Å². The third kappa shape index (κ3) is 6.66. The van der Waals surface area contributed by atoms with Crippen molar-refractivity contribution in [2.24, 2.45) is 5.41 Å². The lowest BCUT2D eigenvalue weighted by atomic mass is 9.88. The van der Waals surface area contributed by atoms with Gasteiger partial charge in [0, 0.05) is 0 Å². The fourth-order valence-electron chi connectivity index (χ4n) is 2.71. The first kappa shape index (κ1) is 24.5. The van der Waals surface area contributed by atoms with Crippen LogP contribution < -0.4 is 0 Å². The van der Waals surface area contributed by atoms with Gasteiger partial charge < -0.3 is 37.9 Å². The van der Waals surface area contributed by atoms with Crippen molar-refractivity contribution in [3.63, 3.8) is 0 Å². The Bertz CT molecular complexity index is 716. The summed E-state index contributed by atoms with van der Waals surface area (Å²) in [5, 5.41) is 0. The van der Waals surface area contributed by atoms with Crippen molar-refractivity contribution in [3.8, 4) is 0 Å². The standard InChI is InChI=1S/C18H22O15/c1-2-18(6-27-13(19)10-4-25-16(22)31-10,7-28-14(20)11-5-26-17(23)32-11)8-29-15(21)12-3-24-9-30-33-12/h10-12H,2-9H2,1H3/t10-,11?,12?,18?/m1/s1. The summed E-state index contributed by atoms with van der Waals surface area (Å²) >= 11 is 0. The maximum absolute atomic E-state index is 12.3. The number of cyclic esters (lactones) is 4. The van der Waals surface area contributed by atoms with Gasteiger partial charge >= 0.3 is 30.2 Å². The van der Waals surface area contributed by atoms with Gasteiger partial charge in [0.2, 0.25) is 18.3 Å². The second-order valence-electron chi connectivity index (χ2n) is 7.20. The van der Waals surface area contributed by atoms with Crippen LogP contribution in [-0.4, -0.2) is 95.0 Å². The quantitative estimate of drug-likeness (QED) is 0.220. The fraction of sp³-hybridized carbons (Fsp3) is 0.722. The lowest BCUT2D eigenvalue weighted by molar-refractivity contribution is -0.396. The molecule has 0 radical (unpaired) electrons. The molecule has 0 aromatic carbocycles. The highest BCUT2D eigenvalue weighted by molar-refractivity contribution is 5.80. The van der Waals surface area contributed by atoms with Crippen LogP contribution in [0.1, 0.15) is 13.3 Å². The molecule has 0 bridgehead atoms. The van der Waals surface area contributed by atoms with Gasteiger partial charge in [0.15, 0.2) is 6.79 Å². The van der Waals surface area contributed by atoms with Crippen molar-refractivity contribution < 1.29 is 71.6 Å². The van der Waals surface area contributed by atoms with Crippen LogP contribution in [-0.2, 0) is 62.1 Å². The Kier molecular flexibility index (Phi) is 8.24. The zero-order valence-electron chi connectivity index (χ0n) is 17.5. The Labute approximate surface area is 186 Å². The molecule has 0 aromatic heterocycles. The maximum Gasteiger partial charge on any atom is 0.509 e. The molecule has 4 atom stereocenters. The molecular formula is C18H22O15. The molecule has 0 saturated carbocycles. The van der Waals surface area contributed by atoms with Crippen LogP contribution in [0.3, 0.4) is 0 Å². The number of hydrogen-bond acceptors (Lipinski definition) is 15.